The number of ether oxygens (including phenoxy) is 2. The van der Waals surface area contributed by atoms with Crippen molar-refractivity contribution < 1.29 is 23.0 Å². The maximum atomic E-state index is 12.4. The van der Waals surface area contributed by atoms with Crippen molar-refractivity contribution in [3.63, 3.8) is 0 Å². The first-order valence-corrected chi connectivity index (χ1v) is 5.93. The molecule has 112 valence electrons. The minimum atomic E-state index is -3.05. The monoisotopic (exact) mass is 288 g/mol. The van der Waals surface area contributed by atoms with E-state index < -0.39 is 18.1 Å². The SMILES string of the molecule is COc1cccc(C(=O)NCC(C)(C)N)c1OC(F)F. The van der Waals surface area contributed by atoms with Gasteiger partial charge in [0.25, 0.3) is 5.91 Å². The van der Waals surface area contributed by atoms with E-state index in [4.69, 9.17) is 10.5 Å². The fourth-order valence-electron chi connectivity index (χ4n) is 1.47. The van der Waals surface area contributed by atoms with Crippen molar-refractivity contribution in [2.45, 2.75) is 26.0 Å². The Hall–Kier alpha value is -1.89. The molecule has 1 aromatic rings. The molecule has 0 aliphatic rings. The zero-order valence-electron chi connectivity index (χ0n) is 11.6. The molecule has 0 spiro atoms. The van der Waals surface area contributed by atoms with Gasteiger partial charge in [-0.05, 0) is 26.0 Å². The standard InChI is InChI=1S/C13H18F2N2O3/c1-13(2,16)7-17-11(18)8-5-4-6-9(19-3)10(8)20-12(14)15/h4-6,12H,7,16H2,1-3H3,(H,17,18). The van der Waals surface area contributed by atoms with E-state index in [1.165, 1.54) is 25.3 Å². The Bertz CT molecular complexity index is 473. The van der Waals surface area contributed by atoms with E-state index in [1.54, 1.807) is 13.8 Å². The zero-order chi connectivity index (χ0) is 15.3. The van der Waals surface area contributed by atoms with Gasteiger partial charge in [0.2, 0.25) is 0 Å². The topological polar surface area (TPSA) is 73.6 Å². The summed E-state index contributed by atoms with van der Waals surface area (Å²) in [5, 5.41) is 2.56. The largest absolute Gasteiger partial charge is 0.493 e. The first-order chi connectivity index (χ1) is 9.24. The fourth-order valence-corrected chi connectivity index (χ4v) is 1.47. The van der Waals surface area contributed by atoms with Gasteiger partial charge in [0.05, 0.1) is 12.7 Å². The Labute approximate surface area is 116 Å². The van der Waals surface area contributed by atoms with Crippen LogP contribution in [-0.4, -0.2) is 31.7 Å². The number of amides is 1. The summed E-state index contributed by atoms with van der Waals surface area (Å²) in [6.07, 6.45) is 0. The Kier molecular flexibility index (Phi) is 5.26. The second-order valence-corrected chi connectivity index (χ2v) is 4.89. The van der Waals surface area contributed by atoms with Gasteiger partial charge in [-0.3, -0.25) is 4.79 Å². The van der Waals surface area contributed by atoms with Gasteiger partial charge in [-0.1, -0.05) is 6.07 Å². The van der Waals surface area contributed by atoms with E-state index in [0.717, 1.165) is 0 Å². The number of alkyl halides is 2. The number of halogens is 2. The smallest absolute Gasteiger partial charge is 0.387 e. The molecule has 1 amide bonds. The van der Waals surface area contributed by atoms with Gasteiger partial charge in [-0.25, -0.2) is 0 Å². The molecule has 0 aromatic heterocycles. The first kappa shape index (κ1) is 16.2. The molecule has 0 fully saturated rings. The van der Waals surface area contributed by atoms with Crippen molar-refractivity contribution in [3.05, 3.63) is 23.8 Å². The first-order valence-electron chi connectivity index (χ1n) is 5.93. The van der Waals surface area contributed by atoms with Gasteiger partial charge in [0.1, 0.15) is 0 Å². The van der Waals surface area contributed by atoms with Gasteiger partial charge in [-0.15, -0.1) is 0 Å². The summed E-state index contributed by atoms with van der Waals surface area (Å²) >= 11 is 0. The number of benzene rings is 1. The third-order valence-corrected chi connectivity index (χ3v) is 2.35. The van der Waals surface area contributed by atoms with Gasteiger partial charge in [0.15, 0.2) is 11.5 Å². The van der Waals surface area contributed by atoms with Crippen LogP contribution in [0.4, 0.5) is 8.78 Å². The highest BCUT2D eigenvalue weighted by Gasteiger charge is 2.21. The molecule has 1 rings (SSSR count). The lowest BCUT2D eigenvalue weighted by Gasteiger charge is -2.20. The summed E-state index contributed by atoms with van der Waals surface area (Å²) < 4.78 is 34.1. The second kappa shape index (κ2) is 6.51. The summed E-state index contributed by atoms with van der Waals surface area (Å²) in [6, 6.07) is 4.32. The van der Waals surface area contributed by atoms with Crippen LogP contribution in [0.15, 0.2) is 18.2 Å². The molecule has 5 nitrogen and oxygen atoms in total. The second-order valence-electron chi connectivity index (χ2n) is 4.89. The number of hydrogen-bond acceptors (Lipinski definition) is 4. The maximum Gasteiger partial charge on any atom is 0.387 e. The number of carbonyl (C=O) groups excluding carboxylic acids is 1. The third kappa shape index (κ3) is 4.65. The molecule has 0 aliphatic carbocycles. The van der Waals surface area contributed by atoms with Gasteiger partial charge in [-0.2, -0.15) is 8.78 Å². The van der Waals surface area contributed by atoms with Crippen LogP contribution in [0.2, 0.25) is 0 Å². The van der Waals surface area contributed by atoms with Crippen molar-refractivity contribution in [2.24, 2.45) is 5.73 Å². The average molecular weight is 288 g/mol. The average Bonchev–Trinajstić information content (AvgIpc) is 2.34. The summed E-state index contributed by atoms with van der Waals surface area (Å²) in [5.74, 6) is -0.791. The number of rotatable bonds is 6. The summed E-state index contributed by atoms with van der Waals surface area (Å²) in [6.45, 7) is 0.603. The normalized spacial score (nSPS) is 11.3. The summed E-state index contributed by atoms with van der Waals surface area (Å²) in [7, 11) is 1.30. The van der Waals surface area contributed by atoms with Crippen LogP contribution in [0.5, 0.6) is 11.5 Å². The summed E-state index contributed by atoms with van der Waals surface area (Å²) in [4.78, 5) is 12.0. The minimum absolute atomic E-state index is 0.0334. The molecule has 0 saturated carbocycles. The quantitative estimate of drug-likeness (QED) is 0.836. The number of nitrogens with two attached hydrogens (primary N) is 1. The lowest BCUT2D eigenvalue weighted by Crippen LogP contribution is -2.45. The zero-order valence-corrected chi connectivity index (χ0v) is 11.6. The van der Waals surface area contributed by atoms with Crippen LogP contribution in [0.25, 0.3) is 0 Å². The third-order valence-electron chi connectivity index (χ3n) is 2.35. The molecule has 0 saturated heterocycles. The van der Waals surface area contributed by atoms with E-state index >= 15 is 0 Å². The van der Waals surface area contributed by atoms with Crippen molar-refractivity contribution in [1.29, 1.82) is 0 Å². The molecule has 1 aromatic carbocycles. The Morgan fingerprint density at radius 2 is 2.10 bits per heavy atom. The van der Waals surface area contributed by atoms with E-state index in [-0.39, 0.29) is 23.6 Å². The van der Waals surface area contributed by atoms with E-state index in [0.29, 0.717) is 0 Å². The maximum absolute atomic E-state index is 12.4. The van der Waals surface area contributed by atoms with E-state index in [2.05, 4.69) is 10.1 Å². The minimum Gasteiger partial charge on any atom is -0.493 e. The molecule has 0 unspecified atom stereocenters. The molecular formula is C13H18F2N2O3. The van der Waals surface area contributed by atoms with Crippen molar-refractivity contribution in [1.82, 2.24) is 5.32 Å². The van der Waals surface area contributed by atoms with Crippen LogP contribution < -0.4 is 20.5 Å². The number of carbonyl (C=O) groups is 1. The molecule has 3 N–H and O–H groups in total. The molecule has 0 radical (unpaired) electrons. The van der Waals surface area contributed by atoms with Crippen LogP contribution in [0.3, 0.4) is 0 Å². The highest BCUT2D eigenvalue weighted by atomic mass is 19.3. The molecule has 7 heteroatoms. The number of methoxy groups -OCH3 is 1. The molecular weight excluding hydrogens is 270 g/mol. The predicted octanol–water partition coefficient (Wildman–Crippen LogP) is 1.76. The van der Waals surface area contributed by atoms with E-state index in [9.17, 15) is 13.6 Å². The molecule has 0 bridgehead atoms. The van der Waals surface area contributed by atoms with E-state index in [1.807, 2.05) is 0 Å². The Balaban J connectivity index is 3.01. The Morgan fingerprint density at radius 3 is 2.60 bits per heavy atom. The number of hydrogen-bond donors (Lipinski definition) is 2. The highest BCUT2D eigenvalue weighted by Crippen LogP contribution is 2.32. The van der Waals surface area contributed by atoms with Crippen molar-refractivity contribution in [2.75, 3.05) is 13.7 Å². The molecule has 0 atom stereocenters. The van der Waals surface area contributed by atoms with Crippen molar-refractivity contribution in [3.8, 4) is 11.5 Å². The van der Waals surface area contributed by atoms with Crippen LogP contribution >= 0.6 is 0 Å². The predicted molar refractivity (Wildman–Crippen MR) is 70.2 cm³/mol. The van der Waals surface area contributed by atoms with Crippen molar-refractivity contribution >= 4 is 5.91 Å². The Morgan fingerprint density at radius 1 is 1.45 bits per heavy atom. The van der Waals surface area contributed by atoms with Gasteiger partial charge < -0.3 is 20.5 Å². The van der Waals surface area contributed by atoms with Crippen LogP contribution in [0.1, 0.15) is 24.2 Å². The van der Waals surface area contributed by atoms with Gasteiger partial charge in [0, 0.05) is 12.1 Å². The number of para-hydroxylation sites is 1. The van der Waals surface area contributed by atoms with Crippen LogP contribution in [-0.2, 0) is 0 Å². The molecule has 0 heterocycles. The fraction of sp³-hybridized carbons (Fsp3) is 0.462. The molecule has 20 heavy (non-hydrogen) atoms. The summed E-state index contributed by atoms with van der Waals surface area (Å²) in [5.41, 5.74) is 5.10. The van der Waals surface area contributed by atoms with Crippen LogP contribution in [0, 0.1) is 0 Å². The van der Waals surface area contributed by atoms with Gasteiger partial charge >= 0.3 is 6.61 Å². The molecule has 0 aliphatic heterocycles. The lowest BCUT2D eigenvalue weighted by molar-refractivity contribution is -0.0515. The lowest BCUT2D eigenvalue weighted by atomic mass is 10.1. The highest BCUT2D eigenvalue weighted by molar-refractivity contribution is 5.97. The number of nitrogens with one attached hydrogen (secondary N) is 1.